The molecule has 4 rings (SSSR count). The minimum Gasteiger partial charge on any atom is -0.493 e. The number of hydrogen-bond acceptors (Lipinski definition) is 8. The molecule has 5 N–H and O–H groups in total. The van der Waals surface area contributed by atoms with Crippen LogP contribution in [0, 0.1) is 5.41 Å². The van der Waals surface area contributed by atoms with Crippen LogP contribution in [0.3, 0.4) is 0 Å². The maximum absolute atomic E-state index is 13.7. The molecule has 0 bridgehead atoms. The van der Waals surface area contributed by atoms with Gasteiger partial charge in [0.2, 0.25) is 5.91 Å². The fourth-order valence-electron chi connectivity index (χ4n) is 5.16. The lowest BCUT2D eigenvalue weighted by Crippen LogP contribution is -2.50. The third-order valence-corrected chi connectivity index (χ3v) is 7.21. The summed E-state index contributed by atoms with van der Waals surface area (Å²) in [4.78, 5) is 65.4. The number of hydrogen-bond donors (Lipinski definition) is 4. The molecule has 2 aliphatic rings. The number of nitrogens with two attached hydrogens (primary N) is 1. The molecule has 3 amide bonds. The van der Waals surface area contributed by atoms with Crippen LogP contribution in [0.4, 0.5) is 5.69 Å². The highest BCUT2D eigenvalue weighted by Gasteiger charge is 2.40. The highest BCUT2D eigenvalue weighted by atomic mass is 16.5. The summed E-state index contributed by atoms with van der Waals surface area (Å²) >= 11 is 0. The van der Waals surface area contributed by atoms with Crippen LogP contribution in [0.2, 0.25) is 0 Å². The van der Waals surface area contributed by atoms with Crippen molar-refractivity contribution in [3.05, 3.63) is 52.1 Å². The molecule has 2 heterocycles. The van der Waals surface area contributed by atoms with Crippen molar-refractivity contribution in [3.8, 4) is 11.5 Å². The zero-order valence-corrected chi connectivity index (χ0v) is 24.7. The Hall–Kier alpha value is -4.94. The van der Waals surface area contributed by atoms with Crippen molar-refractivity contribution in [3.63, 3.8) is 0 Å². The molecule has 228 valence electrons. The maximum atomic E-state index is 13.7. The first-order chi connectivity index (χ1) is 20.2. The van der Waals surface area contributed by atoms with E-state index in [0.29, 0.717) is 23.5 Å². The van der Waals surface area contributed by atoms with Crippen LogP contribution in [-0.4, -0.2) is 78.2 Å². The molecule has 2 aliphatic heterocycles. The van der Waals surface area contributed by atoms with Gasteiger partial charge in [0.05, 0.1) is 30.8 Å². The third kappa shape index (κ3) is 6.15. The number of carboxylic acids is 1. The van der Waals surface area contributed by atoms with Crippen LogP contribution in [-0.2, 0) is 26.3 Å². The topological polar surface area (TPSA) is 192 Å². The zero-order chi connectivity index (χ0) is 31.8. The predicted octanol–water partition coefficient (Wildman–Crippen LogP) is 1.82. The summed E-state index contributed by atoms with van der Waals surface area (Å²) in [7, 11) is 1.50. The van der Waals surface area contributed by atoms with E-state index in [0.717, 1.165) is 10.5 Å². The van der Waals surface area contributed by atoms with Gasteiger partial charge < -0.3 is 30.5 Å². The van der Waals surface area contributed by atoms with Gasteiger partial charge in [-0.05, 0) is 42.2 Å². The van der Waals surface area contributed by atoms with Gasteiger partial charge in [0.1, 0.15) is 23.9 Å². The van der Waals surface area contributed by atoms with Crippen LogP contribution in [0.1, 0.15) is 71.5 Å². The first-order valence-corrected chi connectivity index (χ1v) is 13.7. The molecule has 0 saturated carbocycles. The number of amidine groups is 1. The van der Waals surface area contributed by atoms with E-state index in [1.165, 1.54) is 13.1 Å². The molecule has 0 aromatic heterocycles. The van der Waals surface area contributed by atoms with Crippen LogP contribution in [0.15, 0.2) is 24.3 Å². The molecule has 13 heteroatoms. The molecule has 2 aromatic rings. The van der Waals surface area contributed by atoms with Crippen molar-refractivity contribution in [2.75, 3.05) is 31.6 Å². The lowest BCUT2D eigenvalue weighted by molar-refractivity contribution is -0.142. The molecular weight excluding hydrogens is 558 g/mol. The van der Waals surface area contributed by atoms with Gasteiger partial charge in [-0.15, -0.1) is 0 Å². The first-order valence-electron chi connectivity index (χ1n) is 13.7. The van der Waals surface area contributed by atoms with Gasteiger partial charge in [-0.25, -0.2) is 0 Å². The number of ketones is 1. The van der Waals surface area contributed by atoms with Crippen LogP contribution < -0.4 is 25.4 Å². The Kier molecular flexibility index (Phi) is 8.47. The van der Waals surface area contributed by atoms with E-state index < -0.39 is 42.3 Å². The predicted molar refractivity (Wildman–Crippen MR) is 156 cm³/mol. The lowest BCUT2D eigenvalue weighted by Gasteiger charge is -2.37. The van der Waals surface area contributed by atoms with Crippen molar-refractivity contribution in [2.24, 2.45) is 5.73 Å². The summed E-state index contributed by atoms with van der Waals surface area (Å²) in [6.45, 7) is 7.25. The fraction of sp³-hybridized carbons (Fsp3) is 0.400. The Balaban J connectivity index is 1.71. The number of rotatable bonds is 10. The molecule has 13 nitrogen and oxygen atoms in total. The third-order valence-electron chi connectivity index (χ3n) is 7.21. The monoisotopic (exact) mass is 593 g/mol. The largest absolute Gasteiger partial charge is 0.493 e. The summed E-state index contributed by atoms with van der Waals surface area (Å²) < 4.78 is 11.6. The van der Waals surface area contributed by atoms with E-state index in [1.54, 1.807) is 30.0 Å². The molecule has 0 spiro atoms. The van der Waals surface area contributed by atoms with Crippen LogP contribution in [0.5, 0.6) is 11.5 Å². The summed E-state index contributed by atoms with van der Waals surface area (Å²) in [5.74, 6) is -2.93. The van der Waals surface area contributed by atoms with Crippen LogP contribution in [0.25, 0.3) is 0 Å². The second kappa shape index (κ2) is 11.7. The number of carboxylic acid groups (broad SMARTS) is 1. The number of carbonyl (C=O) groups is 5. The van der Waals surface area contributed by atoms with Crippen molar-refractivity contribution in [1.29, 1.82) is 5.41 Å². The van der Waals surface area contributed by atoms with Gasteiger partial charge in [-0.2, -0.15) is 0 Å². The average Bonchev–Trinajstić information content (AvgIpc) is 3.22. The number of amides is 3. The van der Waals surface area contributed by atoms with E-state index in [4.69, 9.17) is 20.6 Å². The van der Waals surface area contributed by atoms with E-state index in [-0.39, 0.29) is 53.2 Å². The van der Waals surface area contributed by atoms with Gasteiger partial charge in [-0.1, -0.05) is 20.8 Å². The van der Waals surface area contributed by atoms with Crippen molar-refractivity contribution >= 4 is 41.0 Å². The Labute approximate surface area is 248 Å². The van der Waals surface area contributed by atoms with Gasteiger partial charge in [-0.3, -0.25) is 34.3 Å². The van der Waals surface area contributed by atoms with Gasteiger partial charge in [0, 0.05) is 30.3 Å². The molecule has 0 radical (unpaired) electrons. The molecule has 1 atom stereocenters. The van der Waals surface area contributed by atoms with E-state index in [1.807, 2.05) is 20.8 Å². The standard InChI is InChI=1S/C30H35N5O8/c1-6-42-22-9-16-12-34(27(32)17(16)10-18(22)28(40)33-5)13-21(36)15-7-19(30(2,3)4)26-20(8-15)35(14-24(31)37)29(41)23(43-26)11-25(38)39/h7-10,23,32H,6,11-14H2,1-5H3,(H2,31,37)(H,33,40)(H,38,39). The second-order valence-corrected chi connectivity index (χ2v) is 11.4. The normalized spacial score (nSPS) is 15.9. The van der Waals surface area contributed by atoms with Crippen molar-refractivity contribution in [2.45, 2.75) is 52.2 Å². The van der Waals surface area contributed by atoms with Crippen LogP contribution >= 0.6 is 0 Å². The Morgan fingerprint density at radius 2 is 1.86 bits per heavy atom. The molecule has 43 heavy (non-hydrogen) atoms. The number of benzene rings is 2. The number of ether oxygens (including phenoxy) is 2. The second-order valence-electron chi connectivity index (χ2n) is 11.4. The molecule has 2 aromatic carbocycles. The first kappa shape index (κ1) is 31.0. The summed E-state index contributed by atoms with van der Waals surface area (Å²) in [6, 6.07) is 6.34. The molecule has 0 aliphatic carbocycles. The zero-order valence-electron chi connectivity index (χ0n) is 24.7. The minimum absolute atomic E-state index is 0.0657. The number of nitrogens with zero attached hydrogens (tertiary/aromatic N) is 2. The Bertz CT molecular complexity index is 1540. The van der Waals surface area contributed by atoms with E-state index in [2.05, 4.69) is 5.32 Å². The minimum atomic E-state index is -1.38. The average molecular weight is 594 g/mol. The lowest BCUT2D eigenvalue weighted by atomic mass is 9.83. The molecule has 1 unspecified atom stereocenters. The number of carbonyl (C=O) groups excluding carboxylic acids is 4. The summed E-state index contributed by atoms with van der Waals surface area (Å²) in [5, 5.41) is 20.6. The Morgan fingerprint density at radius 1 is 1.16 bits per heavy atom. The summed E-state index contributed by atoms with van der Waals surface area (Å²) in [6.07, 6.45) is -2.00. The number of fused-ring (bicyclic) bond motifs is 2. The van der Waals surface area contributed by atoms with E-state index in [9.17, 15) is 29.1 Å². The SMILES string of the molecule is CCOc1cc2c(cc1C(=O)NC)C(=N)N(CC(=O)c1cc3c(c(C(C)(C)C)c1)OC(CC(=O)O)C(=O)N3CC(N)=O)C2. The van der Waals surface area contributed by atoms with Crippen molar-refractivity contribution < 1.29 is 38.6 Å². The maximum Gasteiger partial charge on any atom is 0.307 e. The smallest absolute Gasteiger partial charge is 0.307 e. The summed E-state index contributed by atoms with van der Waals surface area (Å²) in [5.41, 5.74) is 7.20. The van der Waals surface area contributed by atoms with Gasteiger partial charge in [0.25, 0.3) is 11.8 Å². The molecular formula is C30H35N5O8. The number of Topliss-reactive ketones (excluding diaryl/α,β-unsaturated/α-hetero) is 1. The molecule has 0 fully saturated rings. The number of nitrogens with one attached hydrogen (secondary N) is 2. The molecule has 0 saturated heterocycles. The van der Waals surface area contributed by atoms with Gasteiger partial charge in [0.15, 0.2) is 11.9 Å². The number of anilines is 1. The van der Waals surface area contributed by atoms with E-state index >= 15 is 0 Å². The highest BCUT2D eigenvalue weighted by molar-refractivity contribution is 6.09. The highest BCUT2D eigenvalue weighted by Crippen LogP contribution is 2.44. The number of primary amides is 1. The Morgan fingerprint density at radius 3 is 2.44 bits per heavy atom. The van der Waals surface area contributed by atoms with Gasteiger partial charge >= 0.3 is 5.97 Å². The fourth-order valence-corrected chi connectivity index (χ4v) is 5.16. The van der Waals surface area contributed by atoms with Crippen molar-refractivity contribution in [1.82, 2.24) is 10.2 Å². The quantitative estimate of drug-likeness (QED) is 0.297. The number of aliphatic carboxylic acids is 1.